The molecule has 1 heterocycles. The van der Waals surface area contributed by atoms with E-state index in [1.807, 2.05) is 0 Å². The molecule has 0 fully saturated rings. The number of amides is 1. The van der Waals surface area contributed by atoms with Gasteiger partial charge in [0.05, 0.1) is 10.6 Å². The number of hydrogen-bond donors (Lipinski definition) is 1. The Bertz CT molecular complexity index is 1390. The van der Waals surface area contributed by atoms with Crippen LogP contribution in [0.3, 0.4) is 0 Å². The molecule has 1 aliphatic heterocycles. The quantitative estimate of drug-likeness (QED) is 0.279. The minimum absolute atomic E-state index is 0.00788. The highest BCUT2D eigenvalue weighted by Crippen LogP contribution is 2.49. The summed E-state index contributed by atoms with van der Waals surface area (Å²) in [6, 6.07) is 13.5. The fourth-order valence-corrected chi connectivity index (χ4v) is 4.32. The molecule has 12 heteroatoms. The lowest BCUT2D eigenvalue weighted by Gasteiger charge is -2.29. The molecule has 0 aliphatic carbocycles. The Morgan fingerprint density at radius 1 is 1.11 bits per heavy atom. The first-order chi connectivity index (χ1) is 16.9. The minimum atomic E-state index is -4.86. The Morgan fingerprint density at radius 2 is 1.78 bits per heavy atom. The predicted molar refractivity (Wildman–Crippen MR) is 129 cm³/mol. The van der Waals surface area contributed by atoms with Crippen molar-refractivity contribution in [2.75, 3.05) is 5.32 Å². The summed E-state index contributed by atoms with van der Waals surface area (Å²) in [6.45, 7) is 1.67. The molecule has 186 valence electrons. The summed E-state index contributed by atoms with van der Waals surface area (Å²) in [5.74, 6) is -0.745. The SMILES string of the molecule is Cc1ccc(C2=NOC(c3cc(Cl)cc(Cl)c3)(C(F)(F)F)C2)cc1NC(=O)c1ccccc1[N+](=O)[O-]. The molecule has 0 saturated heterocycles. The number of carbonyl (C=O) groups is 1. The van der Waals surface area contributed by atoms with Gasteiger partial charge in [0, 0.05) is 39.3 Å². The van der Waals surface area contributed by atoms with Crippen LogP contribution in [0.15, 0.2) is 65.8 Å². The second-order valence-electron chi connectivity index (χ2n) is 8.05. The molecule has 1 N–H and O–H groups in total. The monoisotopic (exact) mass is 537 g/mol. The van der Waals surface area contributed by atoms with Gasteiger partial charge < -0.3 is 10.2 Å². The van der Waals surface area contributed by atoms with E-state index in [0.717, 1.165) is 12.1 Å². The summed E-state index contributed by atoms with van der Waals surface area (Å²) < 4.78 is 42.8. The van der Waals surface area contributed by atoms with Crippen molar-refractivity contribution in [2.24, 2.45) is 5.16 Å². The first-order valence-electron chi connectivity index (χ1n) is 10.4. The van der Waals surface area contributed by atoms with Crippen molar-refractivity contribution >= 4 is 46.2 Å². The molecular formula is C24H16Cl2F3N3O4. The van der Waals surface area contributed by atoms with Crippen molar-refractivity contribution in [3.05, 3.63) is 103 Å². The Labute approximate surface area is 212 Å². The van der Waals surface area contributed by atoms with Gasteiger partial charge in [0.1, 0.15) is 5.56 Å². The molecule has 0 aromatic heterocycles. The number of nitrogens with zero attached hydrogens (tertiary/aromatic N) is 2. The second kappa shape index (κ2) is 9.44. The summed E-state index contributed by atoms with van der Waals surface area (Å²) in [7, 11) is 0. The van der Waals surface area contributed by atoms with Crippen molar-refractivity contribution in [3.63, 3.8) is 0 Å². The molecule has 0 bridgehead atoms. The third kappa shape index (κ3) is 4.74. The molecule has 1 aliphatic rings. The van der Waals surface area contributed by atoms with Gasteiger partial charge >= 0.3 is 6.18 Å². The van der Waals surface area contributed by atoms with Crippen LogP contribution in [0.25, 0.3) is 0 Å². The van der Waals surface area contributed by atoms with E-state index in [0.29, 0.717) is 5.56 Å². The Balaban J connectivity index is 1.66. The molecule has 0 radical (unpaired) electrons. The fraction of sp³-hybridized carbons (Fsp3) is 0.167. The van der Waals surface area contributed by atoms with Gasteiger partial charge in [-0.3, -0.25) is 14.9 Å². The third-order valence-corrected chi connectivity index (χ3v) is 6.12. The summed E-state index contributed by atoms with van der Waals surface area (Å²) in [6.07, 6.45) is -5.53. The van der Waals surface area contributed by atoms with E-state index in [1.165, 1.54) is 42.5 Å². The van der Waals surface area contributed by atoms with Crippen molar-refractivity contribution in [3.8, 4) is 0 Å². The van der Waals surface area contributed by atoms with Crippen molar-refractivity contribution < 1.29 is 27.7 Å². The lowest BCUT2D eigenvalue weighted by molar-refractivity contribution is -0.385. The molecule has 3 aromatic rings. The van der Waals surface area contributed by atoms with Crippen LogP contribution in [0.4, 0.5) is 24.5 Å². The first kappa shape index (κ1) is 25.5. The number of nitro benzene ring substituents is 1. The van der Waals surface area contributed by atoms with Gasteiger partial charge in [-0.1, -0.05) is 52.6 Å². The maximum atomic E-state index is 14.3. The highest BCUT2D eigenvalue weighted by Gasteiger charge is 2.62. The summed E-state index contributed by atoms with van der Waals surface area (Å²) >= 11 is 11.9. The Kier molecular flexibility index (Phi) is 6.68. The number of para-hydroxylation sites is 1. The summed E-state index contributed by atoms with van der Waals surface area (Å²) in [5, 5.41) is 17.6. The van der Waals surface area contributed by atoms with Crippen LogP contribution in [0.5, 0.6) is 0 Å². The molecule has 0 saturated carbocycles. The normalized spacial score (nSPS) is 17.3. The number of carbonyl (C=O) groups excluding carboxylic acids is 1. The van der Waals surface area contributed by atoms with Gasteiger partial charge in [-0.15, -0.1) is 0 Å². The minimum Gasteiger partial charge on any atom is -0.374 e. The predicted octanol–water partition coefficient (Wildman–Crippen LogP) is 7.04. The van der Waals surface area contributed by atoms with E-state index >= 15 is 0 Å². The van der Waals surface area contributed by atoms with Crippen LogP contribution >= 0.6 is 23.2 Å². The second-order valence-corrected chi connectivity index (χ2v) is 8.92. The van der Waals surface area contributed by atoms with Crippen LogP contribution in [0.1, 0.15) is 33.5 Å². The highest BCUT2D eigenvalue weighted by atomic mass is 35.5. The van der Waals surface area contributed by atoms with E-state index < -0.39 is 29.0 Å². The van der Waals surface area contributed by atoms with Gasteiger partial charge in [-0.25, -0.2) is 0 Å². The number of hydrogen-bond acceptors (Lipinski definition) is 5. The molecular weight excluding hydrogens is 522 g/mol. The van der Waals surface area contributed by atoms with Crippen molar-refractivity contribution in [2.45, 2.75) is 25.1 Å². The zero-order valence-electron chi connectivity index (χ0n) is 18.4. The summed E-state index contributed by atoms with van der Waals surface area (Å²) in [4.78, 5) is 28.4. The van der Waals surface area contributed by atoms with E-state index in [1.54, 1.807) is 13.0 Å². The molecule has 4 rings (SSSR count). The Morgan fingerprint density at radius 3 is 2.42 bits per heavy atom. The van der Waals surface area contributed by atoms with Gasteiger partial charge in [0.15, 0.2) is 0 Å². The van der Waals surface area contributed by atoms with Crippen LogP contribution in [-0.4, -0.2) is 22.7 Å². The van der Waals surface area contributed by atoms with Crippen LogP contribution < -0.4 is 5.32 Å². The lowest BCUT2D eigenvalue weighted by atomic mass is 9.86. The topological polar surface area (TPSA) is 93.8 Å². The number of oxime groups is 1. The number of anilines is 1. The van der Waals surface area contributed by atoms with Crippen LogP contribution in [0, 0.1) is 17.0 Å². The average Bonchev–Trinajstić information content (AvgIpc) is 3.27. The number of aryl methyl sites for hydroxylation is 1. The maximum Gasteiger partial charge on any atom is 0.435 e. The summed E-state index contributed by atoms with van der Waals surface area (Å²) in [5.41, 5.74) is -2.60. The number of rotatable bonds is 5. The zero-order chi connectivity index (χ0) is 26.3. The number of halogens is 5. The lowest BCUT2D eigenvalue weighted by Crippen LogP contribution is -2.42. The number of nitrogens with one attached hydrogen (secondary N) is 1. The van der Waals surface area contributed by atoms with E-state index in [2.05, 4.69) is 10.5 Å². The molecule has 3 aromatic carbocycles. The van der Waals surface area contributed by atoms with Crippen molar-refractivity contribution in [1.82, 2.24) is 0 Å². The van der Waals surface area contributed by atoms with E-state index in [4.69, 9.17) is 28.0 Å². The zero-order valence-corrected chi connectivity index (χ0v) is 19.9. The van der Waals surface area contributed by atoms with E-state index in [-0.39, 0.29) is 43.8 Å². The van der Waals surface area contributed by atoms with Gasteiger partial charge in [-0.2, -0.15) is 13.2 Å². The molecule has 1 atom stereocenters. The maximum absolute atomic E-state index is 14.3. The van der Waals surface area contributed by atoms with E-state index in [9.17, 15) is 28.1 Å². The smallest absolute Gasteiger partial charge is 0.374 e. The Hall–Kier alpha value is -3.63. The molecule has 0 spiro atoms. The fourth-order valence-electron chi connectivity index (χ4n) is 3.80. The third-order valence-electron chi connectivity index (χ3n) is 5.68. The number of alkyl halides is 3. The van der Waals surface area contributed by atoms with Crippen molar-refractivity contribution in [1.29, 1.82) is 0 Å². The van der Waals surface area contributed by atoms with Gasteiger partial charge in [-0.05, 0) is 42.8 Å². The highest BCUT2D eigenvalue weighted by molar-refractivity contribution is 6.34. The van der Waals surface area contributed by atoms with Gasteiger partial charge in [0.2, 0.25) is 0 Å². The molecule has 36 heavy (non-hydrogen) atoms. The van der Waals surface area contributed by atoms with Gasteiger partial charge in [0.25, 0.3) is 17.2 Å². The first-order valence-corrected chi connectivity index (χ1v) is 11.1. The van der Waals surface area contributed by atoms with Crippen LogP contribution in [0.2, 0.25) is 10.0 Å². The molecule has 1 amide bonds. The standard InChI is InChI=1S/C24H16Cl2F3N3O4/c1-13-6-7-14(8-19(13)30-22(33)18-4-2-3-5-21(18)32(34)35)20-12-23(36-31-20,24(27,28)29)15-9-16(25)11-17(26)10-15/h2-11H,12H2,1H3,(H,30,33). The molecule has 1 unspecified atom stereocenters. The van der Waals surface area contributed by atoms with Crippen LogP contribution in [-0.2, 0) is 10.4 Å². The number of benzene rings is 3. The molecule has 7 nitrogen and oxygen atoms in total. The number of nitro groups is 1. The average molecular weight is 538 g/mol. The largest absolute Gasteiger partial charge is 0.435 e.